The predicted molar refractivity (Wildman–Crippen MR) is 104 cm³/mol. The van der Waals surface area contributed by atoms with E-state index in [0.717, 1.165) is 11.3 Å². The number of aromatic nitrogens is 1. The van der Waals surface area contributed by atoms with E-state index in [0.29, 0.717) is 5.88 Å². The summed E-state index contributed by atoms with van der Waals surface area (Å²) in [7, 11) is 3.31. The number of hydrogen-bond donors (Lipinski definition) is 0. The van der Waals surface area contributed by atoms with Gasteiger partial charge in [-0.2, -0.15) is 0 Å². The second-order valence-corrected chi connectivity index (χ2v) is 6.67. The average molecular weight is 347 g/mol. The summed E-state index contributed by atoms with van der Waals surface area (Å²) in [6.07, 6.45) is 1.88. The molecule has 0 fully saturated rings. The molecule has 3 nitrogen and oxygen atoms in total. The smallest absolute Gasteiger partial charge is 0.212 e. The normalized spacial score (nSPS) is 10.8. The van der Waals surface area contributed by atoms with Gasteiger partial charge in [0.1, 0.15) is 5.75 Å². The third-order valence-electron chi connectivity index (χ3n) is 4.18. The molecule has 4 rings (SSSR count). The molecule has 0 unspecified atom stereocenters. The zero-order valence-electron chi connectivity index (χ0n) is 14.0. The Morgan fingerprint density at radius 3 is 2.24 bits per heavy atom. The molecule has 0 aliphatic heterocycles. The molecule has 4 aromatic rings. The minimum atomic E-state index is 0.620. The van der Waals surface area contributed by atoms with Gasteiger partial charge in [0.15, 0.2) is 0 Å². The molecule has 0 saturated heterocycles. The lowest BCUT2D eigenvalue weighted by Gasteiger charge is -2.07. The molecule has 0 amide bonds. The van der Waals surface area contributed by atoms with Crippen molar-refractivity contribution >= 4 is 21.4 Å². The number of methoxy groups -OCH3 is 2. The van der Waals surface area contributed by atoms with Gasteiger partial charge in [0.05, 0.1) is 14.2 Å². The number of ether oxygens (including phenoxy) is 2. The number of rotatable bonds is 4. The van der Waals surface area contributed by atoms with Gasteiger partial charge >= 0.3 is 0 Å². The molecular formula is C21H17NO2S. The minimum absolute atomic E-state index is 0.620. The predicted octanol–water partition coefficient (Wildman–Crippen LogP) is 5.65. The average Bonchev–Trinajstić information content (AvgIpc) is 3.07. The fourth-order valence-electron chi connectivity index (χ4n) is 2.93. The van der Waals surface area contributed by atoms with Gasteiger partial charge in [0, 0.05) is 38.4 Å². The summed E-state index contributed by atoms with van der Waals surface area (Å²) < 4.78 is 11.7. The van der Waals surface area contributed by atoms with Gasteiger partial charge in [-0.3, -0.25) is 0 Å². The third kappa shape index (κ3) is 2.85. The summed E-state index contributed by atoms with van der Waals surface area (Å²) in [6, 6.07) is 20.6. The molecule has 0 aliphatic rings. The summed E-state index contributed by atoms with van der Waals surface area (Å²) in [4.78, 5) is 5.62. The maximum Gasteiger partial charge on any atom is 0.212 e. The highest BCUT2D eigenvalue weighted by Gasteiger charge is 2.16. The van der Waals surface area contributed by atoms with E-state index in [-0.39, 0.29) is 0 Å². The molecule has 0 radical (unpaired) electrons. The van der Waals surface area contributed by atoms with E-state index < -0.39 is 0 Å². The van der Waals surface area contributed by atoms with Crippen LogP contribution in [0.4, 0.5) is 0 Å². The van der Waals surface area contributed by atoms with Crippen LogP contribution in [-0.4, -0.2) is 19.2 Å². The van der Waals surface area contributed by atoms with Crippen LogP contribution in [0, 0.1) is 0 Å². The topological polar surface area (TPSA) is 31.4 Å². The Morgan fingerprint density at radius 1 is 0.800 bits per heavy atom. The first-order valence-corrected chi connectivity index (χ1v) is 8.78. The van der Waals surface area contributed by atoms with Crippen molar-refractivity contribution in [3.8, 4) is 33.2 Å². The van der Waals surface area contributed by atoms with Crippen molar-refractivity contribution in [2.45, 2.75) is 0 Å². The van der Waals surface area contributed by atoms with Gasteiger partial charge in [-0.15, -0.1) is 11.3 Å². The largest absolute Gasteiger partial charge is 0.497 e. The second-order valence-electron chi connectivity index (χ2n) is 5.62. The van der Waals surface area contributed by atoms with Crippen LogP contribution >= 0.6 is 11.3 Å². The van der Waals surface area contributed by atoms with Gasteiger partial charge < -0.3 is 9.47 Å². The Hall–Kier alpha value is -2.85. The van der Waals surface area contributed by atoms with Gasteiger partial charge in [-0.05, 0) is 42.0 Å². The first kappa shape index (κ1) is 15.7. The summed E-state index contributed by atoms with van der Waals surface area (Å²) in [5, 5.41) is 1.24. The number of hydrogen-bond acceptors (Lipinski definition) is 4. The first-order valence-electron chi connectivity index (χ1n) is 7.96. The lowest BCUT2D eigenvalue weighted by molar-refractivity contribution is 0.398. The van der Waals surface area contributed by atoms with Crippen molar-refractivity contribution in [1.29, 1.82) is 0 Å². The Kier molecular flexibility index (Phi) is 4.12. The maximum absolute atomic E-state index is 5.28. The van der Waals surface area contributed by atoms with Crippen LogP contribution in [0.1, 0.15) is 0 Å². The Bertz CT molecular complexity index is 1000. The molecule has 2 aromatic carbocycles. The van der Waals surface area contributed by atoms with E-state index in [1.807, 2.05) is 24.4 Å². The number of nitrogens with zero attached hydrogens (tertiary/aromatic N) is 1. The van der Waals surface area contributed by atoms with Crippen molar-refractivity contribution in [2.24, 2.45) is 0 Å². The summed E-state index contributed by atoms with van der Waals surface area (Å²) in [5.74, 6) is 1.48. The standard InChI is InChI=1S/C21H17NO2S/c1-23-16-10-7-14(8-11-16)21-20(15-9-12-19(24-2)22-13-15)17-5-3-4-6-18(17)25-21/h3-13H,1-2H3. The van der Waals surface area contributed by atoms with Gasteiger partial charge in [-0.25, -0.2) is 4.98 Å². The number of benzene rings is 2. The fourth-order valence-corrected chi connectivity index (χ4v) is 4.16. The molecule has 0 spiro atoms. The van der Waals surface area contributed by atoms with Crippen LogP contribution < -0.4 is 9.47 Å². The van der Waals surface area contributed by atoms with E-state index in [2.05, 4.69) is 47.4 Å². The van der Waals surface area contributed by atoms with Crippen molar-refractivity contribution in [3.63, 3.8) is 0 Å². The van der Waals surface area contributed by atoms with Gasteiger partial charge in [-0.1, -0.05) is 18.2 Å². The summed E-state index contributed by atoms with van der Waals surface area (Å²) in [5.41, 5.74) is 3.47. The van der Waals surface area contributed by atoms with E-state index in [4.69, 9.17) is 9.47 Å². The van der Waals surface area contributed by atoms with E-state index in [1.165, 1.54) is 26.1 Å². The van der Waals surface area contributed by atoms with Crippen LogP contribution in [0.2, 0.25) is 0 Å². The van der Waals surface area contributed by atoms with Crippen LogP contribution in [0.25, 0.3) is 31.7 Å². The van der Waals surface area contributed by atoms with Gasteiger partial charge in [0.25, 0.3) is 0 Å². The van der Waals surface area contributed by atoms with E-state index in [9.17, 15) is 0 Å². The molecule has 0 aliphatic carbocycles. The molecule has 124 valence electrons. The fraction of sp³-hybridized carbons (Fsp3) is 0.0952. The Labute approximate surface area is 150 Å². The second kappa shape index (κ2) is 6.57. The zero-order valence-corrected chi connectivity index (χ0v) is 14.8. The van der Waals surface area contributed by atoms with Crippen LogP contribution in [0.3, 0.4) is 0 Å². The molecule has 0 bridgehead atoms. The van der Waals surface area contributed by atoms with E-state index in [1.54, 1.807) is 25.6 Å². The molecular weight excluding hydrogens is 330 g/mol. The molecule has 2 aromatic heterocycles. The Morgan fingerprint density at radius 2 is 1.56 bits per heavy atom. The van der Waals surface area contributed by atoms with Crippen molar-refractivity contribution in [2.75, 3.05) is 14.2 Å². The lowest BCUT2D eigenvalue weighted by atomic mass is 10.00. The molecule has 25 heavy (non-hydrogen) atoms. The minimum Gasteiger partial charge on any atom is -0.497 e. The first-order chi connectivity index (χ1) is 12.3. The summed E-state index contributed by atoms with van der Waals surface area (Å²) >= 11 is 1.80. The van der Waals surface area contributed by atoms with Gasteiger partial charge in [0.2, 0.25) is 5.88 Å². The third-order valence-corrected chi connectivity index (χ3v) is 5.40. The molecule has 0 atom stereocenters. The summed E-state index contributed by atoms with van der Waals surface area (Å²) in [6.45, 7) is 0. The van der Waals surface area contributed by atoms with Crippen molar-refractivity contribution in [1.82, 2.24) is 4.98 Å². The highest BCUT2D eigenvalue weighted by atomic mass is 32.1. The highest BCUT2D eigenvalue weighted by molar-refractivity contribution is 7.23. The van der Waals surface area contributed by atoms with Crippen molar-refractivity contribution in [3.05, 3.63) is 66.9 Å². The monoisotopic (exact) mass is 347 g/mol. The van der Waals surface area contributed by atoms with Crippen molar-refractivity contribution < 1.29 is 9.47 Å². The Balaban J connectivity index is 1.93. The lowest BCUT2D eigenvalue weighted by Crippen LogP contribution is -1.88. The molecule has 4 heteroatoms. The number of pyridine rings is 1. The zero-order chi connectivity index (χ0) is 17.2. The number of fused-ring (bicyclic) bond motifs is 1. The van der Waals surface area contributed by atoms with Crippen LogP contribution in [0.5, 0.6) is 11.6 Å². The van der Waals surface area contributed by atoms with E-state index >= 15 is 0 Å². The highest BCUT2D eigenvalue weighted by Crippen LogP contribution is 2.44. The number of thiophene rings is 1. The van der Waals surface area contributed by atoms with Crippen LogP contribution in [0.15, 0.2) is 66.9 Å². The molecule has 2 heterocycles. The molecule has 0 saturated carbocycles. The maximum atomic E-state index is 5.28. The molecule has 0 N–H and O–H groups in total. The van der Waals surface area contributed by atoms with Crippen LogP contribution in [-0.2, 0) is 0 Å². The SMILES string of the molecule is COc1ccc(-c2sc3ccccc3c2-c2ccc(OC)nc2)cc1. The quantitative estimate of drug-likeness (QED) is 0.478.